The van der Waals surface area contributed by atoms with Gasteiger partial charge in [0.15, 0.2) is 0 Å². The quantitative estimate of drug-likeness (QED) is 0.110. The zero-order valence-electron chi connectivity index (χ0n) is 19.5. The Morgan fingerprint density at radius 1 is 0.655 bits per heavy atom. The summed E-state index contributed by atoms with van der Waals surface area (Å²) in [5, 5.41) is 0. The second kappa shape index (κ2) is 21.2. The van der Waals surface area contributed by atoms with Gasteiger partial charge in [0.2, 0.25) is 5.91 Å². The molecule has 1 unspecified atom stereocenters. The molecule has 0 spiro atoms. The fraction of sp³-hybridized carbons (Fsp3) is 1.00. The molecule has 0 aliphatic rings. The van der Waals surface area contributed by atoms with E-state index in [1.807, 2.05) is 6.92 Å². The van der Waals surface area contributed by atoms with E-state index in [4.69, 9.17) is 9.47 Å². The highest BCUT2D eigenvalue weighted by Crippen LogP contribution is 2.18. The molecule has 0 saturated heterocycles. The SMILES string of the molecule is CCCCCCCCCCOC(CC)(NS(=O)[O-])OCCCCCCCCCC. The Hall–Kier alpha value is -0.0100. The molecule has 0 heterocycles. The summed E-state index contributed by atoms with van der Waals surface area (Å²) in [5.74, 6) is -1.21. The van der Waals surface area contributed by atoms with Crippen molar-refractivity contribution in [3.05, 3.63) is 0 Å². The van der Waals surface area contributed by atoms with Crippen molar-refractivity contribution >= 4 is 11.3 Å². The molecule has 0 aliphatic heterocycles. The molecular formula is C23H48NO4S-. The summed E-state index contributed by atoms with van der Waals surface area (Å²) in [6, 6.07) is 0. The Labute approximate surface area is 183 Å². The van der Waals surface area contributed by atoms with Crippen LogP contribution < -0.4 is 4.72 Å². The average molecular weight is 435 g/mol. The molecule has 0 amide bonds. The molecule has 176 valence electrons. The van der Waals surface area contributed by atoms with Crippen LogP contribution in [-0.2, 0) is 20.7 Å². The maximum atomic E-state index is 11.2. The lowest BCUT2D eigenvalue weighted by Gasteiger charge is -2.34. The van der Waals surface area contributed by atoms with Gasteiger partial charge in [0.25, 0.3) is 0 Å². The minimum absolute atomic E-state index is 0.453. The number of hydrogen-bond donors (Lipinski definition) is 1. The maximum absolute atomic E-state index is 11.2. The molecular weight excluding hydrogens is 386 g/mol. The highest BCUT2D eigenvalue weighted by molar-refractivity contribution is 7.77. The molecule has 0 rings (SSSR count). The molecule has 6 heteroatoms. The van der Waals surface area contributed by atoms with E-state index < -0.39 is 17.2 Å². The zero-order valence-corrected chi connectivity index (χ0v) is 20.3. The van der Waals surface area contributed by atoms with E-state index in [0.29, 0.717) is 19.6 Å². The summed E-state index contributed by atoms with van der Waals surface area (Å²) < 4.78 is 36.7. The van der Waals surface area contributed by atoms with E-state index in [2.05, 4.69) is 18.6 Å². The van der Waals surface area contributed by atoms with Gasteiger partial charge in [-0.1, -0.05) is 111 Å². The lowest BCUT2D eigenvalue weighted by atomic mass is 10.1. The van der Waals surface area contributed by atoms with E-state index in [0.717, 1.165) is 25.7 Å². The molecule has 0 saturated carbocycles. The van der Waals surface area contributed by atoms with Gasteiger partial charge in [-0.2, -0.15) is 4.72 Å². The number of rotatable bonds is 23. The van der Waals surface area contributed by atoms with Gasteiger partial charge in [0, 0.05) is 17.7 Å². The molecule has 0 aromatic heterocycles. The largest absolute Gasteiger partial charge is 0.760 e. The predicted molar refractivity (Wildman–Crippen MR) is 122 cm³/mol. The molecule has 0 bridgehead atoms. The summed E-state index contributed by atoms with van der Waals surface area (Å²) in [6.07, 6.45) is 20.0. The molecule has 0 fully saturated rings. The van der Waals surface area contributed by atoms with Crippen molar-refractivity contribution in [3.8, 4) is 0 Å². The first kappa shape index (κ1) is 29.0. The number of nitrogens with one attached hydrogen (secondary N) is 1. The van der Waals surface area contributed by atoms with E-state index in [1.165, 1.54) is 77.0 Å². The van der Waals surface area contributed by atoms with E-state index in [-0.39, 0.29) is 0 Å². The van der Waals surface area contributed by atoms with Crippen LogP contribution >= 0.6 is 0 Å². The lowest BCUT2D eigenvalue weighted by Crippen LogP contribution is -2.50. The third-order valence-electron chi connectivity index (χ3n) is 5.37. The van der Waals surface area contributed by atoms with Gasteiger partial charge in [-0.3, -0.25) is 4.21 Å². The van der Waals surface area contributed by atoms with Crippen LogP contribution in [-0.4, -0.2) is 27.9 Å². The molecule has 1 N–H and O–H groups in total. The van der Waals surface area contributed by atoms with Crippen LogP contribution in [0.4, 0.5) is 0 Å². The van der Waals surface area contributed by atoms with Gasteiger partial charge in [-0.15, -0.1) is 0 Å². The van der Waals surface area contributed by atoms with Crippen LogP contribution in [0.2, 0.25) is 0 Å². The predicted octanol–water partition coefficient (Wildman–Crippen LogP) is 6.75. The number of ether oxygens (including phenoxy) is 2. The highest BCUT2D eigenvalue weighted by Gasteiger charge is 2.30. The maximum Gasteiger partial charge on any atom is 0.237 e. The Morgan fingerprint density at radius 3 is 1.31 bits per heavy atom. The summed E-state index contributed by atoms with van der Waals surface area (Å²) in [5.41, 5.74) is 0. The van der Waals surface area contributed by atoms with E-state index in [1.54, 1.807) is 0 Å². The first-order valence-corrected chi connectivity index (χ1v) is 13.3. The lowest BCUT2D eigenvalue weighted by molar-refractivity contribution is -0.247. The van der Waals surface area contributed by atoms with Crippen molar-refractivity contribution in [1.29, 1.82) is 0 Å². The van der Waals surface area contributed by atoms with Crippen LogP contribution in [0.5, 0.6) is 0 Å². The fourth-order valence-electron chi connectivity index (χ4n) is 3.45. The van der Waals surface area contributed by atoms with Gasteiger partial charge in [-0.25, -0.2) is 0 Å². The van der Waals surface area contributed by atoms with E-state index >= 15 is 0 Å². The van der Waals surface area contributed by atoms with Crippen molar-refractivity contribution in [2.75, 3.05) is 13.2 Å². The van der Waals surface area contributed by atoms with Crippen molar-refractivity contribution in [2.45, 2.75) is 136 Å². The molecule has 0 aromatic rings. The Kier molecular flexibility index (Phi) is 21.2. The molecule has 0 aromatic carbocycles. The molecule has 29 heavy (non-hydrogen) atoms. The molecule has 5 nitrogen and oxygen atoms in total. The Balaban J connectivity index is 3.98. The van der Waals surface area contributed by atoms with Gasteiger partial charge in [0.1, 0.15) is 0 Å². The van der Waals surface area contributed by atoms with Gasteiger partial charge >= 0.3 is 0 Å². The van der Waals surface area contributed by atoms with Crippen molar-refractivity contribution in [2.24, 2.45) is 0 Å². The second-order valence-corrected chi connectivity index (χ2v) is 8.76. The summed E-state index contributed by atoms with van der Waals surface area (Å²) in [6.45, 7) is 7.39. The smallest absolute Gasteiger partial charge is 0.237 e. The third kappa shape index (κ3) is 18.5. The number of unbranched alkanes of at least 4 members (excludes halogenated alkanes) is 14. The van der Waals surface area contributed by atoms with E-state index in [9.17, 15) is 8.76 Å². The Morgan fingerprint density at radius 2 is 1.00 bits per heavy atom. The van der Waals surface area contributed by atoms with Crippen LogP contribution in [0, 0.1) is 0 Å². The van der Waals surface area contributed by atoms with Crippen molar-refractivity contribution < 1.29 is 18.2 Å². The summed E-state index contributed by atoms with van der Waals surface area (Å²) in [4.78, 5) is 0. The standard InChI is InChI=1S/C23H49NO4S/c1-4-7-9-11-13-15-17-19-21-27-23(6-3,24-29(25)26)28-22-20-18-16-14-12-10-8-5-2/h24H,4-22H2,1-3H3,(H,25,26)/p-1. The van der Waals surface area contributed by atoms with Crippen molar-refractivity contribution in [1.82, 2.24) is 4.72 Å². The minimum atomic E-state index is -2.41. The highest BCUT2D eigenvalue weighted by atomic mass is 32.2. The second-order valence-electron chi connectivity index (χ2n) is 8.09. The van der Waals surface area contributed by atoms with Crippen LogP contribution in [0.3, 0.4) is 0 Å². The number of hydrogen-bond acceptors (Lipinski definition) is 4. The molecule has 0 aliphatic carbocycles. The van der Waals surface area contributed by atoms with Crippen LogP contribution in [0.1, 0.15) is 130 Å². The third-order valence-corrected chi connectivity index (χ3v) is 5.85. The van der Waals surface area contributed by atoms with Crippen molar-refractivity contribution in [3.63, 3.8) is 0 Å². The minimum Gasteiger partial charge on any atom is -0.760 e. The Bertz CT molecular complexity index is 347. The summed E-state index contributed by atoms with van der Waals surface area (Å²) >= 11 is -2.41. The first-order chi connectivity index (χ1) is 14.1. The normalized spacial score (nSPS) is 13.1. The van der Waals surface area contributed by atoms with Gasteiger partial charge in [-0.05, 0) is 12.8 Å². The van der Waals surface area contributed by atoms with Gasteiger partial charge < -0.3 is 14.0 Å². The average Bonchev–Trinajstić information content (AvgIpc) is 2.70. The first-order valence-electron chi connectivity index (χ1n) is 12.2. The summed E-state index contributed by atoms with van der Waals surface area (Å²) in [7, 11) is 0. The monoisotopic (exact) mass is 434 g/mol. The molecule has 1 atom stereocenters. The zero-order chi connectivity index (χ0) is 21.6. The molecule has 0 radical (unpaired) electrons. The fourth-order valence-corrected chi connectivity index (χ4v) is 3.97. The van der Waals surface area contributed by atoms with Crippen LogP contribution in [0.15, 0.2) is 0 Å². The van der Waals surface area contributed by atoms with Crippen LogP contribution in [0.25, 0.3) is 0 Å². The van der Waals surface area contributed by atoms with Gasteiger partial charge in [0.05, 0.1) is 13.2 Å². The topological polar surface area (TPSA) is 70.6 Å².